The Morgan fingerprint density at radius 3 is 2.95 bits per heavy atom. The summed E-state index contributed by atoms with van der Waals surface area (Å²) in [6.45, 7) is 0. The minimum Gasteiger partial charge on any atom is -0.303 e. The quantitative estimate of drug-likeness (QED) is 0.522. The first-order valence-electron chi connectivity index (χ1n) is 5.04. The van der Waals surface area contributed by atoms with Crippen LogP contribution in [0.1, 0.15) is 5.56 Å². The summed E-state index contributed by atoms with van der Waals surface area (Å²) in [5.41, 5.74) is 0.302. The number of halogens is 1. The van der Waals surface area contributed by atoms with Gasteiger partial charge in [0.25, 0.3) is 5.69 Å². The van der Waals surface area contributed by atoms with Crippen LogP contribution in [0.15, 0.2) is 28.4 Å². The molecular formula is C10H7ClN4O3S. The maximum Gasteiger partial charge on any atom is 0.288 e. The Morgan fingerprint density at radius 1 is 1.53 bits per heavy atom. The molecule has 0 radical (unpaired) electrons. The maximum absolute atomic E-state index is 10.9. The van der Waals surface area contributed by atoms with Crippen molar-refractivity contribution in [1.29, 1.82) is 0 Å². The molecule has 1 amide bonds. The molecule has 1 aromatic rings. The Labute approximate surface area is 116 Å². The third-order valence-electron chi connectivity index (χ3n) is 2.11. The van der Waals surface area contributed by atoms with E-state index < -0.39 is 4.92 Å². The van der Waals surface area contributed by atoms with E-state index in [-0.39, 0.29) is 16.6 Å². The van der Waals surface area contributed by atoms with Crippen molar-refractivity contribution in [3.05, 3.63) is 38.9 Å². The van der Waals surface area contributed by atoms with Crippen molar-refractivity contribution in [2.24, 2.45) is 10.2 Å². The van der Waals surface area contributed by atoms with Gasteiger partial charge < -0.3 is 5.32 Å². The number of carbonyl (C=O) groups excluding carboxylic acids is 1. The minimum atomic E-state index is -0.571. The van der Waals surface area contributed by atoms with Crippen molar-refractivity contribution in [2.75, 3.05) is 5.75 Å². The molecule has 7 nitrogen and oxygen atoms in total. The van der Waals surface area contributed by atoms with Crippen molar-refractivity contribution < 1.29 is 9.72 Å². The summed E-state index contributed by atoms with van der Waals surface area (Å²) in [6.07, 6.45) is 1.35. The lowest BCUT2D eigenvalue weighted by molar-refractivity contribution is -0.384. The molecule has 1 aliphatic heterocycles. The van der Waals surface area contributed by atoms with Gasteiger partial charge in [0, 0.05) is 11.6 Å². The predicted octanol–water partition coefficient (Wildman–Crippen LogP) is 1.80. The number of benzene rings is 1. The number of nitro benzene ring substituents is 1. The third-order valence-corrected chi connectivity index (χ3v) is 3.29. The Bertz CT molecular complexity index is 602. The van der Waals surface area contributed by atoms with Gasteiger partial charge in [0.2, 0.25) is 5.91 Å². The van der Waals surface area contributed by atoms with Gasteiger partial charge >= 0.3 is 0 Å². The van der Waals surface area contributed by atoms with Crippen LogP contribution in [0, 0.1) is 10.1 Å². The van der Waals surface area contributed by atoms with E-state index in [4.69, 9.17) is 11.6 Å². The number of amidine groups is 1. The number of amides is 1. The fraction of sp³-hybridized carbons (Fsp3) is 0.100. The van der Waals surface area contributed by atoms with Gasteiger partial charge in [-0.3, -0.25) is 14.9 Å². The monoisotopic (exact) mass is 298 g/mol. The van der Waals surface area contributed by atoms with Gasteiger partial charge in [-0.2, -0.15) is 5.10 Å². The van der Waals surface area contributed by atoms with Crippen LogP contribution in [0.2, 0.25) is 5.02 Å². The van der Waals surface area contributed by atoms with Crippen LogP contribution in [-0.2, 0) is 4.79 Å². The van der Waals surface area contributed by atoms with Crippen LogP contribution in [0.25, 0.3) is 0 Å². The number of rotatable bonds is 3. The number of carbonyl (C=O) groups is 1. The van der Waals surface area contributed by atoms with Crippen LogP contribution in [0.4, 0.5) is 5.69 Å². The molecule has 0 aromatic heterocycles. The molecule has 0 atom stereocenters. The predicted molar refractivity (Wildman–Crippen MR) is 73.7 cm³/mol. The summed E-state index contributed by atoms with van der Waals surface area (Å²) in [5.74, 6) is 0.196. The molecule has 19 heavy (non-hydrogen) atoms. The third kappa shape index (κ3) is 3.52. The van der Waals surface area contributed by atoms with E-state index in [0.717, 1.165) is 0 Å². The second-order valence-corrected chi connectivity index (χ2v) is 4.83. The van der Waals surface area contributed by atoms with Crippen molar-refractivity contribution in [3.8, 4) is 0 Å². The summed E-state index contributed by atoms with van der Waals surface area (Å²) >= 11 is 6.92. The van der Waals surface area contributed by atoms with Gasteiger partial charge in [-0.1, -0.05) is 29.4 Å². The van der Waals surface area contributed by atoms with Crippen molar-refractivity contribution in [3.63, 3.8) is 0 Å². The Balaban J connectivity index is 2.13. The fourth-order valence-corrected chi connectivity index (χ4v) is 2.09. The van der Waals surface area contributed by atoms with E-state index in [1.165, 1.54) is 30.1 Å². The van der Waals surface area contributed by atoms with E-state index >= 15 is 0 Å². The zero-order valence-corrected chi connectivity index (χ0v) is 10.9. The lowest BCUT2D eigenvalue weighted by Crippen LogP contribution is -2.19. The van der Waals surface area contributed by atoms with Crippen LogP contribution in [0.5, 0.6) is 0 Å². The fourth-order valence-electron chi connectivity index (χ4n) is 1.28. The average molecular weight is 299 g/mol. The normalized spacial score (nSPS) is 17.1. The topological polar surface area (TPSA) is 97.0 Å². The van der Waals surface area contributed by atoms with Gasteiger partial charge in [0.05, 0.1) is 16.9 Å². The molecule has 0 aliphatic carbocycles. The van der Waals surface area contributed by atoms with E-state index in [9.17, 15) is 14.9 Å². The van der Waals surface area contributed by atoms with E-state index in [0.29, 0.717) is 16.5 Å². The molecule has 0 bridgehead atoms. The molecule has 0 saturated carbocycles. The van der Waals surface area contributed by atoms with Crippen molar-refractivity contribution >= 4 is 46.3 Å². The molecular weight excluding hydrogens is 292 g/mol. The maximum atomic E-state index is 10.9. The number of nitrogens with zero attached hydrogens (tertiary/aromatic N) is 3. The largest absolute Gasteiger partial charge is 0.303 e. The highest BCUT2D eigenvalue weighted by atomic mass is 35.5. The standard InChI is InChI=1S/C10H7ClN4O3S/c11-7-2-1-6(3-8(7)15(17)18)4-12-14-10-13-9(16)5-19-10/h1-4H,5H2,(H,13,14,16)/b12-4-. The second kappa shape index (κ2) is 5.81. The second-order valence-electron chi connectivity index (χ2n) is 3.45. The molecule has 1 aromatic carbocycles. The van der Waals surface area contributed by atoms with Gasteiger partial charge in [-0.15, -0.1) is 5.10 Å². The number of hydrogen-bond acceptors (Lipinski definition) is 6. The summed E-state index contributed by atoms with van der Waals surface area (Å²) in [5, 5.41) is 21.2. The number of hydrogen-bond donors (Lipinski definition) is 1. The zero-order chi connectivity index (χ0) is 13.8. The van der Waals surface area contributed by atoms with Gasteiger partial charge in [-0.25, -0.2) is 0 Å². The van der Waals surface area contributed by atoms with Crippen LogP contribution >= 0.6 is 23.4 Å². The van der Waals surface area contributed by atoms with Crippen molar-refractivity contribution in [2.45, 2.75) is 0 Å². The van der Waals surface area contributed by atoms with Crippen molar-refractivity contribution in [1.82, 2.24) is 5.32 Å². The summed E-state index contributed by atoms with van der Waals surface area (Å²) < 4.78 is 0. The molecule has 0 spiro atoms. The Kier molecular flexibility index (Phi) is 4.13. The molecule has 98 valence electrons. The molecule has 1 N–H and O–H groups in total. The van der Waals surface area contributed by atoms with Gasteiger partial charge in [0.1, 0.15) is 5.02 Å². The molecule has 2 rings (SSSR count). The van der Waals surface area contributed by atoms with E-state index in [2.05, 4.69) is 15.5 Å². The zero-order valence-electron chi connectivity index (χ0n) is 9.37. The van der Waals surface area contributed by atoms with Gasteiger partial charge in [-0.05, 0) is 6.07 Å². The van der Waals surface area contributed by atoms with E-state index in [1.807, 2.05) is 0 Å². The first-order chi connectivity index (χ1) is 9.06. The highest BCUT2D eigenvalue weighted by molar-refractivity contribution is 8.15. The Hall–Kier alpha value is -1.93. The smallest absolute Gasteiger partial charge is 0.288 e. The lowest BCUT2D eigenvalue weighted by atomic mass is 10.2. The summed E-state index contributed by atoms with van der Waals surface area (Å²) in [7, 11) is 0. The van der Waals surface area contributed by atoms with Crippen LogP contribution < -0.4 is 5.32 Å². The highest BCUT2D eigenvalue weighted by Crippen LogP contribution is 2.24. The molecule has 1 fully saturated rings. The first-order valence-corrected chi connectivity index (χ1v) is 6.40. The average Bonchev–Trinajstić information content (AvgIpc) is 2.77. The SMILES string of the molecule is O=C1CS/C(=N/N=C\c2ccc(Cl)c([N+](=O)[O-])c2)N1. The molecule has 1 saturated heterocycles. The molecule has 1 aliphatic rings. The first kappa shape index (κ1) is 13.5. The summed E-state index contributed by atoms with van der Waals surface area (Å²) in [6, 6.07) is 4.30. The van der Waals surface area contributed by atoms with Gasteiger partial charge in [0.15, 0.2) is 5.17 Å². The highest BCUT2D eigenvalue weighted by Gasteiger charge is 2.16. The molecule has 1 heterocycles. The van der Waals surface area contributed by atoms with Crippen LogP contribution in [-0.4, -0.2) is 28.0 Å². The Morgan fingerprint density at radius 2 is 2.32 bits per heavy atom. The molecule has 9 heteroatoms. The van der Waals surface area contributed by atoms with E-state index in [1.54, 1.807) is 6.07 Å². The van der Waals surface area contributed by atoms with Crippen LogP contribution in [0.3, 0.4) is 0 Å². The number of nitrogens with one attached hydrogen (secondary N) is 1. The lowest BCUT2D eigenvalue weighted by Gasteiger charge is -1.96. The number of thioether (sulfide) groups is 1. The minimum absolute atomic E-state index is 0.0621. The molecule has 0 unspecified atom stereocenters. The number of nitro groups is 1. The summed E-state index contributed by atoms with van der Waals surface area (Å²) in [4.78, 5) is 21.0.